The highest BCUT2D eigenvalue weighted by Gasteiger charge is 2.27. The van der Waals surface area contributed by atoms with E-state index in [-0.39, 0.29) is 32.0 Å². The van der Waals surface area contributed by atoms with E-state index in [1.807, 2.05) is 21.1 Å². The number of phosphoric acid groups is 1. The maximum absolute atomic E-state index is 12.9. The van der Waals surface area contributed by atoms with Gasteiger partial charge in [-0.3, -0.25) is 18.6 Å². The Morgan fingerprint density at radius 2 is 0.614 bits per heavy atom. The Kier molecular flexibility index (Phi) is 67.7. The molecule has 2 unspecified atom stereocenters. The predicted octanol–water partition coefficient (Wildman–Crippen LogP) is 25.2. The van der Waals surface area contributed by atoms with Crippen LogP contribution in [0.25, 0.3) is 0 Å². The third-order valence-electron chi connectivity index (χ3n) is 17.3. The molecule has 0 spiro atoms. The summed E-state index contributed by atoms with van der Waals surface area (Å²) >= 11 is 0. The standard InChI is InChI=1S/C78H148NO8P/c1-6-8-10-12-14-16-18-20-22-24-26-28-30-31-32-33-34-35-36-37-38-39-40-41-42-43-44-45-46-47-49-51-53-55-57-59-61-63-65-67-69-71-78(81)87-76(75-86-88(82,83)85-73-72-79(3,4)5)74-84-77(80)70-68-66-64-62-60-58-56-54-52-50-48-29-27-25-23-21-19-17-15-13-11-9-7-2/h18-21,24-27,76H,6-17,22-23,28-75H2,1-5H3/p+1/b20-18-,21-19-,26-24-,27-25-. The second-order valence-electron chi connectivity index (χ2n) is 27.4. The Balaban J connectivity index is 3.89. The van der Waals surface area contributed by atoms with Crippen LogP contribution >= 0.6 is 7.82 Å². The highest BCUT2D eigenvalue weighted by atomic mass is 31.2. The van der Waals surface area contributed by atoms with Crippen LogP contribution in [-0.4, -0.2) is 74.9 Å². The third-order valence-corrected chi connectivity index (χ3v) is 18.3. The summed E-state index contributed by atoms with van der Waals surface area (Å²) < 4.78 is 34.8. The number of unbranched alkanes of at least 4 members (excludes halogenated alkanes) is 50. The van der Waals surface area contributed by atoms with E-state index in [0.29, 0.717) is 17.4 Å². The minimum absolute atomic E-state index is 0.0334. The van der Waals surface area contributed by atoms with Gasteiger partial charge in [0.1, 0.15) is 19.8 Å². The summed E-state index contributed by atoms with van der Waals surface area (Å²) in [6.45, 7) is 4.47. The molecule has 0 radical (unpaired) electrons. The first-order valence-electron chi connectivity index (χ1n) is 38.4. The van der Waals surface area contributed by atoms with Gasteiger partial charge in [-0.1, -0.05) is 345 Å². The summed E-state index contributed by atoms with van der Waals surface area (Å²) in [5.41, 5.74) is 0. The Hall–Kier alpha value is -2.03. The van der Waals surface area contributed by atoms with E-state index in [2.05, 4.69) is 62.5 Å². The van der Waals surface area contributed by atoms with Gasteiger partial charge in [0.15, 0.2) is 6.10 Å². The zero-order valence-electron chi connectivity index (χ0n) is 59.2. The fraction of sp³-hybridized carbons (Fsp3) is 0.872. The van der Waals surface area contributed by atoms with E-state index in [4.69, 9.17) is 18.5 Å². The molecule has 0 saturated heterocycles. The second-order valence-corrected chi connectivity index (χ2v) is 28.8. The summed E-state index contributed by atoms with van der Waals surface area (Å²) in [6, 6.07) is 0. The van der Waals surface area contributed by atoms with Crippen molar-refractivity contribution in [2.45, 2.75) is 392 Å². The molecule has 9 nitrogen and oxygen atoms in total. The first-order chi connectivity index (χ1) is 43.0. The van der Waals surface area contributed by atoms with Crippen LogP contribution in [0.5, 0.6) is 0 Å². The number of nitrogens with zero attached hydrogens (tertiary/aromatic N) is 1. The monoisotopic (exact) mass is 1260 g/mol. The molecule has 0 bridgehead atoms. The van der Waals surface area contributed by atoms with E-state index in [1.54, 1.807) is 0 Å². The van der Waals surface area contributed by atoms with Gasteiger partial charge in [-0.25, -0.2) is 4.57 Å². The average Bonchev–Trinajstić information content (AvgIpc) is 3.58. The maximum Gasteiger partial charge on any atom is 0.472 e. The number of ether oxygens (including phenoxy) is 2. The molecule has 0 aromatic rings. The lowest BCUT2D eigenvalue weighted by molar-refractivity contribution is -0.870. The number of allylic oxidation sites excluding steroid dienone is 8. The molecule has 0 aliphatic rings. The highest BCUT2D eigenvalue weighted by molar-refractivity contribution is 7.47. The van der Waals surface area contributed by atoms with Crippen molar-refractivity contribution < 1.29 is 42.1 Å². The Labute approximate surface area is 547 Å². The molecule has 518 valence electrons. The van der Waals surface area contributed by atoms with E-state index < -0.39 is 26.5 Å². The molecule has 0 saturated carbocycles. The number of likely N-dealkylation sites (N-methyl/N-ethyl adjacent to an activating group) is 1. The minimum atomic E-state index is -4.39. The number of hydrogen-bond donors (Lipinski definition) is 1. The molecule has 0 amide bonds. The van der Waals surface area contributed by atoms with Crippen LogP contribution in [0.3, 0.4) is 0 Å². The maximum atomic E-state index is 12.9. The fourth-order valence-electron chi connectivity index (χ4n) is 11.4. The number of quaternary nitrogens is 1. The average molecular weight is 1260 g/mol. The summed E-state index contributed by atoms with van der Waals surface area (Å²) in [4.78, 5) is 35.9. The van der Waals surface area contributed by atoms with Crippen molar-refractivity contribution in [3.8, 4) is 0 Å². The lowest BCUT2D eigenvalue weighted by atomic mass is 10.0. The van der Waals surface area contributed by atoms with Gasteiger partial charge in [-0.2, -0.15) is 0 Å². The van der Waals surface area contributed by atoms with Gasteiger partial charge in [-0.05, 0) is 77.0 Å². The smallest absolute Gasteiger partial charge is 0.462 e. The van der Waals surface area contributed by atoms with Crippen molar-refractivity contribution in [2.24, 2.45) is 0 Å². The van der Waals surface area contributed by atoms with Crippen molar-refractivity contribution in [1.82, 2.24) is 0 Å². The van der Waals surface area contributed by atoms with Crippen molar-refractivity contribution in [3.05, 3.63) is 48.6 Å². The largest absolute Gasteiger partial charge is 0.472 e. The van der Waals surface area contributed by atoms with Gasteiger partial charge >= 0.3 is 19.8 Å². The number of carbonyl (C=O) groups excluding carboxylic acids is 2. The van der Waals surface area contributed by atoms with Gasteiger partial charge in [-0.15, -0.1) is 0 Å². The molecule has 10 heteroatoms. The molecule has 0 aliphatic carbocycles. The zero-order chi connectivity index (χ0) is 64.1. The fourth-order valence-corrected chi connectivity index (χ4v) is 12.2. The van der Waals surface area contributed by atoms with Crippen LogP contribution in [0, 0.1) is 0 Å². The van der Waals surface area contributed by atoms with Crippen LogP contribution in [0.2, 0.25) is 0 Å². The molecule has 0 fully saturated rings. The molecule has 2 atom stereocenters. The lowest BCUT2D eigenvalue weighted by Crippen LogP contribution is -2.37. The Bertz CT molecular complexity index is 1620. The van der Waals surface area contributed by atoms with E-state index >= 15 is 0 Å². The van der Waals surface area contributed by atoms with Gasteiger partial charge in [0.05, 0.1) is 27.7 Å². The van der Waals surface area contributed by atoms with Gasteiger partial charge in [0.2, 0.25) is 0 Å². The predicted molar refractivity (Wildman–Crippen MR) is 381 cm³/mol. The van der Waals surface area contributed by atoms with Crippen LogP contribution in [0.1, 0.15) is 386 Å². The molecule has 0 aromatic heterocycles. The number of phosphoric ester groups is 1. The molecule has 0 heterocycles. The van der Waals surface area contributed by atoms with Crippen molar-refractivity contribution in [3.63, 3.8) is 0 Å². The highest BCUT2D eigenvalue weighted by Crippen LogP contribution is 2.43. The van der Waals surface area contributed by atoms with Crippen molar-refractivity contribution in [2.75, 3.05) is 47.5 Å². The normalized spacial score (nSPS) is 13.3. The first kappa shape index (κ1) is 86.0. The van der Waals surface area contributed by atoms with Gasteiger partial charge in [0, 0.05) is 12.8 Å². The van der Waals surface area contributed by atoms with E-state index in [1.165, 1.54) is 308 Å². The second kappa shape index (κ2) is 69.3. The van der Waals surface area contributed by atoms with Gasteiger partial charge in [0.25, 0.3) is 0 Å². The van der Waals surface area contributed by atoms with E-state index in [0.717, 1.165) is 44.9 Å². The van der Waals surface area contributed by atoms with Crippen LogP contribution in [0.15, 0.2) is 48.6 Å². The molecule has 88 heavy (non-hydrogen) atoms. The summed E-state index contributed by atoms with van der Waals surface area (Å²) in [5.74, 6) is -0.780. The topological polar surface area (TPSA) is 108 Å². The molecular weight excluding hydrogens is 1110 g/mol. The number of rotatable bonds is 72. The van der Waals surface area contributed by atoms with E-state index in [9.17, 15) is 19.0 Å². The number of carbonyl (C=O) groups is 2. The van der Waals surface area contributed by atoms with Crippen molar-refractivity contribution in [1.29, 1.82) is 0 Å². The lowest BCUT2D eigenvalue weighted by Gasteiger charge is -2.24. The molecule has 0 aromatic carbocycles. The first-order valence-corrected chi connectivity index (χ1v) is 39.9. The third kappa shape index (κ3) is 73.0. The molecule has 0 rings (SSSR count). The van der Waals surface area contributed by atoms with Crippen LogP contribution in [-0.2, 0) is 32.7 Å². The molecular formula is C78H149NO8P+. The van der Waals surface area contributed by atoms with Crippen LogP contribution < -0.4 is 0 Å². The summed E-state index contributed by atoms with van der Waals surface area (Å²) in [6.07, 6.45) is 91.1. The number of hydrogen-bond acceptors (Lipinski definition) is 7. The zero-order valence-corrected chi connectivity index (χ0v) is 60.1. The summed E-state index contributed by atoms with van der Waals surface area (Å²) in [7, 11) is 1.49. The minimum Gasteiger partial charge on any atom is -0.462 e. The molecule has 1 N–H and O–H groups in total. The Morgan fingerprint density at radius 3 is 0.898 bits per heavy atom. The SMILES string of the molecule is CCCCCCC/C=C\C/C=C\CCCCCCCCCCCCCCCCCCCCCCCCCCCCCCCC(=O)OC(COC(=O)CCCCCCCCCCCCC/C=C\C/C=C\CCCCCCC)COP(=O)(O)OCC[N+](C)(C)C. The summed E-state index contributed by atoms with van der Waals surface area (Å²) in [5, 5.41) is 0. The van der Waals surface area contributed by atoms with Crippen LogP contribution in [0.4, 0.5) is 0 Å². The Morgan fingerprint density at radius 1 is 0.352 bits per heavy atom. The number of esters is 2. The van der Waals surface area contributed by atoms with Gasteiger partial charge < -0.3 is 18.9 Å². The molecule has 0 aliphatic heterocycles. The quantitative estimate of drug-likeness (QED) is 0.0211. The van der Waals surface area contributed by atoms with Crippen molar-refractivity contribution >= 4 is 19.8 Å².